The highest BCUT2D eigenvalue weighted by Gasteiger charge is 2.28. The molecule has 0 spiro atoms. The summed E-state index contributed by atoms with van der Waals surface area (Å²) in [6.07, 6.45) is 10.7. The Morgan fingerprint density at radius 3 is 2.70 bits per heavy atom. The van der Waals surface area contributed by atoms with Crippen molar-refractivity contribution in [3.63, 3.8) is 0 Å². The fourth-order valence-electron chi connectivity index (χ4n) is 3.71. The van der Waals surface area contributed by atoms with Crippen molar-refractivity contribution in [2.24, 2.45) is 7.05 Å². The van der Waals surface area contributed by atoms with Crippen LogP contribution in [-0.2, 0) is 20.1 Å². The van der Waals surface area contributed by atoms with Crippen molar-refractivity contribution < 1.29 is 4.79 Å². The van der Waals surface area contributed by atoms with Crippen LogP contribution in [0.15, 0.2) is 31.1 Å². The molecule has 142 valence electrons. The van der Waals surface area contributed by atoms with Gasteiger partial charge in [-0.25, -0.2) is 4.98 Å². The smallest absolute Gasteiger partial charge is 0.257 e. The molecule has 0 N–H and O–H groups in total. The lowest BCUT2D eigenvalue weighted by Gasteiger charge is -2.31. The van der Waals surface area contributed by atoms with Crippen LogP contribution in [0.3, 0.4) is 0 Å². The molecule has 3 aromatic rings. The fraction of sp³-hybridized carbons (Fsp3) is 0.500. The zero-order valence-electron chi connectivity index (χ0n) is 15.7. The maximum Gasteiger partial charge on any atom is 0.257 e. The van der Waals surface area contributed by atoms with E-state index in [4.69, 9.17) is 0 Å². The van der Waals surface area contributed by atoms with Crippen LogP contribution in [0.2, 0.25) is 0 Å². The Bertz CT molecular complexity index is 902. The molecule has 1 aliphatic heterocycles. The lowest BCUT2D eigenvalue weighted by Crippen LogP contribution is -2.38. The summed E-state index contributed by atoms with van der Waals surface area (Å²) in [5.41, 5.74) is 0.648. The first-order chi connectivity index (χ1) is 13.2. The Morgan fingerprint density at radius 2 is 2.07 bits per heavy atom. The van der Waals surface area contributed by atoms with Crippen molar-refractivity contribution in [2.75, 3.05) is 13.1 Å². The first-order valence-corrected chi connectivity index (χ1v) is 9.31. The molecule has 0 atom stereocenters. The number of aromatic nitrogens is 7. The van der Waals surface area contributed by atoms with Crippen LogP contribution in [0, 0.1) is 0 Å². The average molecular weight is 368 g/mol. The molecule has 0 bridgehead atoms. The standard InChI is InChI=1S/C18H24N8O/c1-3-26-16(12-24-9-6-19-13-24)21-22-17(26)14-4-7-25(8-5-14)18(27)15-10-20-23(2)11-15/h6,9-11,13-14H,3-5,7-8,12H2,1-2H3. The molecule has 27 heavy (non-hydrogen) atoms. The summed E-state index contributed by atoms with van der Waals surface area (Å²) in [6.45, 7) is 5.07. The van der Waals surface area contributed by atoms with Gasteiger partial charge in [0.2, 0.25) is 0 Å². The van der Waals surface area contributed by atoms with E-state index >= 15 is 0 Å². The van der Waals surface area contributed by atoms with Crippen LogP contribution in [0.1, 0.15) is 47.7 Å². The van der Waals surface area contributed by atoms with Gasteiger partial charge in [0.15, 0.2) is 5.82 Å². The van der Waals surface area contributed by atoms with E-state index in [0.29, 0.717) is 18.0 Å². The third-order valence-electron chi connectivity index (χ3n) is 5.15. The first kappa shape index (κ1) is 17.4. The average Bonchev–Trinajstić information content (AvgIpc) is 3.43. The highest BCUT2D eigenvalue weighted by atomic mass is 16.2. The number of carbonyl (C=O) groups is 1. The van der Waals surface area contributed by atoms with Crippen molar-refractivity contribution in [2.45, 2.75) is 38.8 Å². The molecule has 0 saturated carbocycles. The number of carbonyl (C=O) groups excluding carboxylic acids is 1. The largest absolute Gasteiger partial charge is 0.339 e. The normalized spacial score (nSPS) is 15.4. The van der Waals surface area contributed by atoms with Crippen molar-refractivity contribution >= 4 is 5.91 Å². The quantitative estimate of drug-likeness (QED) is 0.677. The van der Waals surface area contributed by atoms with E-state index in [2.05, 4.69) is 31.8 Å². The SMILES string of the molecule is CCn1c(Cn2ccnc2)nnc1C1CCN(C(=O)c2cnn(C)c2)CC1. The molecule has 0 unspecified atom stereocenters. The zero-order chi connectivity index (χ0) is 18.8. The second-order valence-corrected chi connectivity index (χ2v) is 6.92. The van der Waals surface area contributed by atoms with Gasteiger partial charge in [0.05, 0.1) is 24.6 Å². The summed E-state index contributed by atoms with van der Waals surface area (Å²) in [5, 5.41) is 13.0. The number of hydrogen-bond acceptors (Lipinski definition) is 5. The molecule has 4 rings (SSSR count). The molecular weight excluding hydrogens is 344 g/mol. The monoisotopic (exact) mass is 368 g/mol. The Balaban J connectivity index is 1.43. The van der Waals surface area contributed by atoms with Gasteiger partial charge >= 0.3 is 0 Å². The molecule has 1 amide bonds. The Morgan fingerprint density at radius 1 is 1.26 bits per heavy atom. The molecular formula is C18H24N8O. The van der Waals surface area contributed by atoms with Crippen LogP contribution < -0.4 is 0 Å². The zero-order valence-corrected chi connectivity index (χ0v) is 15.7. The molecule has 9 nitrogen and oxygen atoms in total. The summed E-state index contributed by atoms with van der Waals surface area (Å²) in [6, 6.07) is 0. The van der Waals surface area contributed by atoms with Crippen LogP contribution >= 0.6 is 0 Å². The van der Waals surface area contributed by atoms with E-state index in [1.165, 1.54) is 0 Å². The molecule has 0 radical (unpaired) electrons. The van der Waals surface area contributed by atoms with Gasteiger partial charge in [-0.15, -0.1) is 10.2 Å². The number of imidazole rings is 1. The molecule has 1 saturated heterocycles. The third kappa shape index (κ3) is 3.49. The van der Waals surface area contributed by atoms with Crippen molar-refractivity contribution in [1.29, 1.82) is 0 Å². The minimum atomic E-state index is 0.0549. The summed E-state index contributed by atoms with van der Waals surface area (Å²) in [4.78, 5) is 18.6. The number of hydrogen-bond donors (Lipinski definition) is 0. The lowest BCUT2D eigenvalue weighted by molar-refractivity contribution is 0.0710. The molecule has 1 aliphatic rings. The maximum atomic E-state index is 12.6. The molecule has 0 aliphatic carbocycles. The fourth-order valence-corrected chi connectivity index (χ4v) is 3.71. The predicted molar refractivity (Wildman–Crippen MR) is 98.1 cm³/mol. The number of amides is 1. The van der Waals surface area contributed by atoms with Crippen LogP contribution in [0.25, 0.3) is 0 Å². The highest BCUT2D eigenvalue weighted by Crippen LogP contribution is 2.28. The van der Waals surface area contributed by atoms with Gasteiger partial charge < -0.3 is 14.0 Å². The van der Waals surface area contributed by atoms with Crippen molar-refractivity contribution in [3.8, 4) is 0 Å². The van der Waals surface area contributed by atoms with E-state index < -0.39 is 0 Å². The second kappa shape index (κ2) is 7.34. The van der Waals surface area contributed by atoms with Gasteiger partial charge in [-0.2, -0.15) is 5.10 Å². The van der Waals surface area contributed by atoms with E-state index in [1.54, 1.807) is 29.6 Å². The van der Waals surface area contributed by atoms with E-state index in [-0.39, 0.29) is 5.91 Å². The maximum absolute atomic E-state index is 12.6. The Hall–Kier alpha value is -2.97. The topological polar surface area (TPSA) is 86.7 Å². The molecule has 1 fully saturated rings. The predicted octanol–water partition coefficient (Wildman–Crippen LogP) is 1.30. The number of likely N-dealkylation sites (tertiary alicyclic amines) is 1. The van der Waals surface area contributed by atoms with Crippen molar-refractivity contribution in [3.05, 3.63) is 48.3 Å². The van der Waals surface area contributed by atoms with Crippen LogP contribution in [0.5, 0.6) is 0 Å². The first-order valence-electron chi connectivity index (χ1n) is 9.31. The minimum Gasteiger partial charge on any atom is -0.339 e. The molecule has 0 aromatic carbocycles. The van der Waals surface area contributed by atoms with Gasteiger partial charge in [-0.05, 0) is 19.8 Å². The minimum absolute atomic E-state index is 0.0549. The van der Waals surface area contributed by atoms with Gasteiger partial charge in [-0.1, -0.05) is 0 Å². The van der Waals surface area contributed by atoms with Gasteiger partial charge in [0, 0.05) is 51.2 Å². The molecule has 3 aromatic heterocycles. The Labute approximate surface area is 157 Å². The lowest BCUT2D eigenvalue weighted by atomic mass is 9.95. The Kier molecular flexibility index (Phi) is 4.74. The van der Waals surface area contributed by atoms with E-state index in [0.717, 1.165) is 44.1 Å². The van der Waals surface area contributed by atoms with E-state index in [1.807, 2.05) is 22.7 Å². The summed E-state index contributed by atoms with van der Waals surface area (Å²) >= 11 is 0. The summed E-state index contributed by atoms with van der Waals surface area (Å²) in [7, 11) is 1.82. The highest BCUT2D eigenvalue weighted by molar-refractivity contribution is 5.93. The number of aryl methyl sites for hydroxylation is 1. The van der Waals surface area contributed by atoms with E-state index in [9.17, 15) is 4.79 Å². The molecule has 4 heterocycles. The van der Waals surface area contributed by atoms with Gasteiger partial charge in [0.25, 0.3) is 5.91 Å². The van der Waals surface area contributed by atoms with Crippen LogP contribution in [0.4, 0.5) is 0 Å². The second-order valence-electron chi connectivity index (χ2n) is 6.92. The number of nitrogens with zero attached hydrogens (tertiary/aromatic N) is 8. The van der Waals surface area contributed by atoms with Crippen molar-refractivity contribution in [1.82, 2.24) is 39.0 Å². The van der Waals surface area contributed by atoms with Gasteiger partial charge in [0.1, 0.15) is 5.82 Å². The summed E-state index contributed by atoms with van der Waals surface area (Å²) < 4.78 is 5.85. The third-order valence-corrected chi connectivity index (χ3v) is 5.15. The molecule has 9 heteroatoms. The van der Waals surface area contributed by atoms with Gasteiger partial charge in [-0.3, -0.25) is 9.48 Å². The van der Waals surface area contributed by atoms with Crippen LogP contribution in [-0.4, -0.2) is 58.0 Å². The summed E-state index contributed by atoms with van der Waals surface area (Å²) in [5.74, 6) is 2.35. The number of piperidine rings is 1. The number of rotatable bonds is 5.